The van der Waals surface area contributed by atoms with E-state index in [0.717, 1.165) is 0 Å². The van der Waals surface area contributed by atoms with Crippen molar-refractivity contribution in [1.29, 1.82) is 0 Å². The van der Waals surface area contributed by atoms with Gasteiger partial charge in [-0.3, -0.25) is 8.75 Å². The summed E-state index contributed by atoms with van der Waals surface area (Å²) < 4.78 is 51.6. The number of hydrogen-bond donors (Lipinski definition) is 0. The van der Waals surface area contributed by atoms with Gasteiger partial charge in [-0.15, -0.1) is 9.35 Å². The predicted octanol–water partition coefficient (Wildman–Crippen LogP) is 4.22. The van der Waals surface area contributed by atoms with Gasteiger partial charge >= 0.3 is 7.60 Å². The topological polar surface area (TPSA) is 97.4 Å². The van der Waals surface area contributed by atoms with Crippen LogP contribution in [0.5, 0.6) is 0 Å². The largest absolute Gasteiger partial charge is 0.411 e. The maximum absolute atomic E-state index is 12.6. The SMILES string of the molecule is Cc1cccc(Cl)c1S(=O)(=O)OCP(=O)(OOC(C)C)OOC(C)C. The summed E-state index contributed by atoms with van der Waals surface area (Å²) in [5.41, 5.74) is 0.376. The van der Waals surface area contributed by atoms with Gasteiger partial charge in [-0.05, 0) is 46.2 Å². The second-order valence-corrected chi connectivity index (χ2v) is 9.37. The predicted molar refractivity (Wildman–Crippen MR) is 91.5 cm³/mol. The normalized spacial score (nSPS) is 13.0. The number of halogens is 1. The fourth-order valence-corrected chi connectivity index (χ4v) is 4.67. The summed E-state index contributed by atoms with van der Waals surface area (Å²) in [6, 6.07) is 4.56. The van der Waals surface area contributed by atoms with Crippen molar-refractivity contribution in [3.63, 3.8) is 0 Å². The van der Waals surface area contributed by atoms with Crippen molar-refractivity contribution < 1.29 is 36.3 Å². The van der Waals surface area contributed by atoms with Crippen LogP contribution in [0.25, 0.3) is 0 Å². The molecule has 0 N–H and O–H groups in total. The van der Waals surface area contributed by atoms with E-state index in [1.54, 1.807) is 46.8 Å². The molecule has 1 rings (SSSR count). The molecule has 1 aromatic carbocycles. The molecule has 11 heteroatoms. The Hall–Kier alpha value is -0.510. The lowest BCUT2D eigenvalue weighted by atomic mass is 10.2. The van der Waals surface area contributed by atoms with Crippen LogP contribution in [0.4, 0.5) is 0 Å². The highest BCUT2D eigenvalue weighted by Gasteiger charge is 2.34. The molecule has 0 heterocycles. The van der Waals surface area contributed by atoms with Gasteiger partial charge < -0.3 is 0 Å². The molecule has 0 aliphatic rings. The average molecular weight is 417 g/mol. The Morgan fingerprint density at radius 2 is 1.60 bits per heavy atom. The quantitative estimate of drug-likeness (QED) is 0.242. The Morgan fingerprint density at radius 1 is 1.08 bits per heavy atom. The van der Waals surface area contributed by atoms with E-state index in [1.807, 2.05) is 0 Å². The molecule has 0 aromatic heterocycles. The van der Waals surface area contributed by atoms with E-state index in [4.69, 9.17) is 34.9 Å². The van der Waals surface area contributed by atoms with E-state index in [1.165, 1.54) is 6.07 Å². The first-order chi connectivity index (χ1) is 11.5. The van der Waals surface area contributed by atoms with Crippen molar-refractivity contribution in [2.24, 2.45) is 0 Å². The first-order valence-corrected chi connectivity index (χ1v) is 10.9. The summed E-state index contributed by atoms with van der Waals surface area (Å²) >= 11 is 5.93. The summed E-state index contributed by atoms with van der Waals surface area (Å²) in [5.74, 6) is 0. The maximum atomic E-state index is 12.6. The molecule has 1 aromatic rings. The molecule has 0 aliphatic heterocycles. The molecule has 0 amide bonds. The standard InChI is InChI=1S/C14H22ClO8PS/c1-10(2)20-22-24(16,23-21-11(3)4)9-19-25(17,18)14-12(5)7-6-8-13(14)15/h6-8,10-11H,9H2,1-5H3. The molecule has 0 aliphatic carbocycles. The Labute approximate surface area is 152 Å². The van der Waals surface area contributed by atoms with Crippen LogP contribution >= 0.6 is 19.2 Å². The fourth-order valence-electron chi connectivity index (χ4n) is 1.48. The van der Waals surface area contributed by atoms with Gasteiger partial charge in [0.05, 0.1) is 17.2 Å². The van der Waals surface area contributed by atoms with Crippen molar-refractivity contribution >= 4 is 29.3 Å². The van der Waals surface area contributed by atoms with Crippen molar-refractivity contribution in [3.8, 4) is 0 Å². The van der Waals surface area contributed by atoms with Crippen LogP contribution in [-0.4, -0.2) is 27.0 Å². The molecule has 0 unspecified atom stereocenters. The van der Waals surface area contributed by atoms with Gasteiger partial charge in [0.2, 0.25) is 0 Å². The van der Waals surface area contributed by atoms with Crippen molar-refractivity contribution in [1.82, 2.24) is 0 Å². The zero-order chi connectivity index (χ0) is 19.3. The molecule has 0 spiro atoms. The second kappa shape index (κ2) is 9.43. The van der Waals surface area contributed by atoms with Crippen molar-refractivity contribution in [2.75, 3.05) is 6.35 Å². The number of aryl methyl sites for hydroxylation is 1. The molecule has 8 nitrogen and oxygen atoms in total. The van der Waals surface area contributed by atoms with Crippen molar-refractivity contribution in [3.05, 3.63) is 28.8 Å². The van der Waals surface area contributed by atoms with Crippen LogP contribution in [-0.2, 0) is 38.0 Å². The minimum Gasteiger partial charge on any atom is -0.253 e. The Bertz CT molecular complexity index is 683. The molecule has 0 fully saturated rings. The average Bonchev–Trinajstić information content (AvgIpc) is 2.49. The van der Waals surface area contributed by atoms with Crippen LogP contribution < -0.4 is 0 Å². The lowest BCUT2D eigenvalue weighted by Gasteiger charge is -2.18. The molecular formula is C14H22ClO8PS. The van der Waals surface area contributed by atoms with Gasteiger partial charge in [-0.2, -0.15) is 8.42 Å². The first-order valence-electron chi connectivity index (χ1n) is 7.40. The summed E-state index contributed by atoms with van der Waals surface area (Å²) in [6.45, 7) is 8.05. The van der Waals surface area contributed by atoms with E-state index < -0.39 is 36.3 Å². The van der Waals surface area contributed by atoms with E-state index in [9.17, 15) is 13.0 Å². The Morgan fingerprint density at radius 3 is 2.04 bits per heavy atom. The Balaban J connectivity index is 2.95. The van der Waals surface area contributed by atoms with Crippen LogP contribution in [0.3, 0.4) is 0 Å². The number of rotatable bonds is 10. The first kappa shape index (κ1) is 22.5. The highest BCUT2D eigenvalue weighted by atomic mass is 35.5. The van der Waals surface area contributed by atoms with Gasteiger partial charge in [0, 0.05) is 0 Å². The molecular weight excluding hydrogens is 395 g/mol. The van der Waals surface area contributed by atoms with Crippen LogP contribution in [0.15, 0.2) is 23.1 Å². The van der Waals surface area contributed by atoms with Gasteiger partial charge in [0.15, 0.2) is 6.35 Å². The summed E-state index contributed by atoms with van der Waals surface area (Å²) in [7, 11) is -8.47. The number of hydrogen-bond acceptors (Lipinski definition) is 8. The molecule has 0 radical (unpaired) electrons. The summed E-state index contributed by atoms with van der Waals surface area (Å²) in [4.78, 5) is 9.35. The zero-order valence-electron chi connectivity index (χ0n) is 14.6. The summed E-state index contributed by atoms with van der Waals surface area (Å²) in [6.07, 6.45) is -1.84. The highest BCUT2D eigenvalue weighted by Crippen LogP contribution is 2.50. The molecule has 144 valence electrons. The van der Waals surface area contributed by atoms with Crippen LogP contribution in [0, 0.1) is 6.92 Å². The summed E-state index contributed by atoms with van der Waals surface area (Å²) in [5, 5.41) is -0.0199. The van der Waals surface area contributed by atoms with E-state index >= 15 is 0 Å². The highest BCUT2D eigenvalue weighted by molar-refractivity contribution is 7.87. The molecule has 0 atom stereocenters. The van der Waals surface area contributed by atoms with E-state index in [2.05, 4.69) is 0 Å². The lowest BCUT2D eigenvalue weighted by Crippen LogP contribution is -2.14. The van der Waals surface area contributed by atoms with E-state index in [-0.39, 0.29) is 9.92 Å². The maximum Gasteiger partial charge on any atom is 0.411 e. The second-order valence-electron chi connectivity index (χ2n) is 5.64. The van der Waals surface area contributed by atoms with Crippen molar-refractivity contribution in [2.45, 2.75) is 51.7 Å². The third kappa shape index (κ3) is 7.32. The minimum atomic E-state index is -4.31. The monoisotopic (exact) mass is 416 g/mol. The fraction of sp³-hybridized carbons (Fsp3) is 0.571. The van der Waals surface area contributed by atoms with Gasteiger partial charge in [0.1, 0.15) is 4.90 Å². The van der Waals surface area contributed by atoms with E-state index in [0.29, 0.717) is 5.56 Å². The lowest BCUT2D eigenvalue weighted by molar-refractivity contribution is -0.292. The minimum absolute atomic E-state index is 0.0199. The zero-order valence-corrected chi connectivity index (χ0v) is 17.1. The van der Waals surface area contributed by atoms with Gasteiger partial charge in [-0.25, -0.2) is 9.78 Å². The van der Waals surface area contributed by atoms with Gasteiger partial charge in [-0.1, -0.05) is 23.7 Å². The van der Waals surface area contributed by atoms with Crippen LogP contribution in [0.1, 0.15) is 33.3 Å². The molecule has 0 bridgehead atoms. The third-order valence-electron chi connectivity index (χ3n) is 2.48. The molecule has 0 saturated heterocycles. The molecule has 0 saturated carbocycles. The smallest absolute Gasteiger partial charge is 0.253 e. The van der Waals surface area contributed by atoms with Gasteiger partial charge in [0.25, 0.3) is 10.1 Å². The number of benzene rings is 1. The third-order valence-corrected chi connectivity index (χ3v) is 5.62. The van der Waals surface area contributed by atoms with Crippen LogP contribution in [0.2, 0.25) is 5.02 Å². The molecule has 25 heavy (non-hydrogen) atoms. The Kier molecular flexibility index (Phi) is 8.50.